The van der Waals surface area contributed by atoms with E-state index in [9.17, 15) is 41.8 Å². The van der Waals surface area contributed by atoms with Gasteiger partial charge in [-0.15, -0.1) is 0 Å². The fourth-order valence-corrected chi connectivity index (χ4v) is 5.89. The summed E-state index contributed by atoms with van der Waals surface area (Å²) in [5.41, 5.74) is -4.52. The molecule has 0 spiro atoms. The monoisotopic (exact) mass is 636 g/mol. The maximum Gasteiger partial charge on any atom is 0.417 e. The summed E-state index contributed by atoms with van der Waals surface area (Å²) in [6, 6.07) is 5.52. The molecule has 2 N–H and O–H groups in total. The molecule has 2 aromatic carbocycles. The van der Waals surface area contributed by atoms with Gasteiger partial charge in [-0.25, -0.2) is 9.18 Å². The summed E-state index contributed by atoms with van der Waals surface area (Å²) < 4.78 is 64.8. The number of likely N-dealkylation sites (tertiary alicyclic amines) is 1. The number of hydrogen-bond acceptors (Lipinski definition) is 5. The van der Waals surface area contributed by atoms with Gasteiger partial charge < -0.3 is 29.9 Å². The first-order valence-electron chi connectivity index (χ1n) is 14.7. The zero-order valence-corrected chi connectivity index (χ0v) is 25.4. The van der Waals surface area contributed by atoms with Gasteiger partial charge in [-0.05, 0) is 51.8 Å². The summed E-state index contributed by atoms with van der Waals surface area (Å²) in [5, 5.41) is 12.1. The molecule has 0 aromatic heterocycles. The first-order chi connectivity index (χ1) is 21.1. The number of hydrogen-bond donors (Lipinski definition) is 2. The summed E-state index contributed by atoms with van der Waals surface area (Å²) >= 11 is 0. The lowest BCUT2D eigenvalue weighted by Crippen LogP contribution is -2.55. The van der Waals surface area contributed by atoms with Crippen molar-refractivity contribution in [2.45, 2.75) is 70.8 Å². The molecule has 0 aliphatic carbocycles. The van der Waals surface area contributed by atoms with E-state index in [0.29, 0.717) is 18.9 Å². The molecule has 2 aliphatic rings. The van der Waals surface area contributed by atoms with E-state index in [1.54, 1.807) is 20.8 Å². The van der Waals surface area contributed by atoms with Gasteiger partial charge in [0.1, 0.15) is 11.6 Å². The third-order valence-corrected chi connectivity index (χ3v) is 8.11. The highest BCUT2D eigenvalue weighted by Gasteiger charge is 2.49. The highest BCUT2D eigenvalue weighted by molar-refractivity contribution is 6.05. The number of alkyl halides is 3. The Morgan fingerprint density at radius 1 is 1.20 bits per heavy atom. The molecule has 45 heavy (non-hydrogen) atoms. The lowest BCUT2D eigenvalue weighted by atomic mass is 9.90. The fourth-order valence-electron chi connectivity index (χ4n) is 5.89. The second-order valence-electron chi connectivity index (χ2n) is 11.5. The SMILES string of the molecule is CCC(=O)NCCN1C(=O)C(C)(c2ccccc2F)Oc2cc(C(F)(F)F)c(C(=O)N(C(C)C)[C@@H]3CCCN(C(=O)O)C3)cc21. The first-order valence-corrected chi connectivity index (χ1v) is 14.7. The molecule has 2 aliphatic heterocycles. The zero-order valence-electron chi connectivity index (χ0n) is 25.4. The van der Waals surface area contributed by atoms with Crippen molar-refractivity contribution in [2.75, 3.05) is 31.1 Å². The van der Waals surface area contributed by atoms with Crippen LogP contribution in [0.15, 0.2) is 36.4 Å². The Morgan fingerprint density at radius 3 is 2.49 bits per heavy atom. The molecule has 1 saturated heterocycles. The Morgan fingerprint density at radius 2 is 1.89 bits per heavy atom. The van der Waals surface area contributed by atoms with Gasteiger partial charge in [0.05, 0.1) is 22.9 Å². The van der Waals surface area contributed by atoms with Crippen LogP contribution in [0.4, 0.5) is 28.0 Å². The molecule has 4 amide bonds. The van der Waals surface area contributed by atoms with Gasteiger partial charge in [0.2, 0.25) is 11.5 Å². The van der Waals surface area contributed by atoms with Gasteiger partial charge >= 0.3 is 12.3 Å². The molecule has 2 heterocycles. The van der Waals surface area contributed by atoms with Crippen molar-refractivity contribution < 1.29 is 46.6 Å². The smallest absolute Gasteiger partial charge is 0.417 e. The molecule has 1 unspecified atom stereocenters. The topological polar surface area (TPSA) is 119 Å². The molecule has 1 fully saturated rings. The van der Waals surface area contributed by atoms with Crippen molar-refractivity contribution >= 4 is 29.5 Å². The minimum Gasteiger partial charge on any atom is -0.471 e. The average Bonchev–Trinajstić information content (AvgIpc) is 2.98. The molecular weight excluding hydrogens is 600 g/mol. The van der Waals surface area contributed by atoms with Crippen molar-refractivity contribution in [1.82, 2.24) is 15.1 Å². The number of rotatable bonds is 8. The highest BCUT2D eigenvalue weighted by Crippen LogP contribution is 2.47. The maximum absolute atomic E-state index is 15.0. The fraction of sp³-hybridized carbons (Fsp3) is 0.484. The van der Waals surface area contributed by atoms with Gasteiger partial charge in [-0.1, -0.05) is 25.1 Å². The van der Waals surface area contributed by atoms with E-state index in [0.717, 1.165) is 21.9 Å². The Hall–Kier alpha value is -4.36. The van der Waals surface area contributed by atoms with E-state index in [1.807, 2.05) is 0 Å². The van der Waals surface area contributed by atoms with Crippen LogP contribution in [0.3, 0.4) is 0 Å². The number of carbonyl (C=O) groups excluding carboxylic acids is 3. The number of benzene rings is 2. The molecule has 0 saturated carbocycles. The zero-order chi connectivity index (χ0) is 33.3. The number of piperidine rings is 1. The van der Waals surface area contributed by atoms with Gasteiger partial charge in [-0.3, -0.25) is 14.4 Å². The number of carboxylic acid groups (broad SMARTS) is 1. The highest BCUT2D eigenvalue weighted by atomic mass is 19.4. The maximum atomic E-state index is 15.0. The van der Waals surface area contributed by atoms with Crippen molar-refractivity contribution in [3.05, 3.63) is 58.9 Å². The summed E-state index contributed by atoms with van der Waals surface area (Å²) in [7, 11) is 0. The van der Waals surface area contributed by atoms with E-state index in [4.69, 9.17) is 4.74 Å². The summed E-state index contributed by atoms with van der Waals surface area (Å²) in [5.74, 6) is -3.35. The number of fused-ring (bicyclic) bond motifs is 1. The quantitative estimate of drug-likeness (QED) is 0.394. The number of amides is 4. The van der Waals surface area contributed by atoms with Crippen LogP contribution in [-0.2, 0) is 21.4 Å². The van der Waals surface area contributed by atoms with Crippen LogP contribution in [0.2, 0.25) is 0 Å². The minimum atomic E-state index is -5.04. The molecule has 244 valence electrons. The molecule has 10 nitrogen and oxygen atoms in total. The van der Waals surface area contributed by atoms with Crippen LogP contribution in [0, 0.1) is 5.82 Å². The van der Waals surface area contributed by atoms with Gasteiger partial charge in [0, 0.05) is 44.2 Å². The third kappa shape index (κ3) is 6.69. The number of ether oxygens (including phenoxy) is 1. The largest absolute Gasteiger partial charge is 0.471 e. The number of halogens is 4. The van der Waals surface area contributed by atoms with Crippen molar-refractivity contribution in [1.29, 1.82) is 0 Å². The number of nitrogens with zero attached hydrogens (tertiary/aromatic N) is 3. The standard InChI is InChI=1S/C31H36F4N4O6/c1-5-26(40)36-12-14-38-24-15-20(27(41)39(18(2)3)19-9-8-13-37(17-19)29(43)44)22(31(33,34)35)16-25(24)45-30(4,28(38)42)21-10-6-7-11-23(21)32/h6-7,10-11,15-16,18-19H,5,8-9,12-14,17H2,1-4H3,(H,36,40)(H,43,44)/t19-,30?/m1/s1. The Bertz CT molecular complexity index is 1480. The second-order valence-corrected chi connectivity index (χ2v) is 11.5. The molecule has 14 heteroatoms. The van der Waals surface area contributed by atoms with Crippen LogP contribution in [-0.4, -0.2) is 77.0 Å². The molecule has 2 aromatic rings. The Labute approximate surface area is 257 Å². The molecular formula is C31H36F4N4O6. The van der Waals surface area contributed by atoms with E-state index < -0.39 is 64.5 Å². The van der Waals surface area contributed by atoms with Crippen LogP contribution in [0.1, 0.15) is 68.4 Å². The van der Waals surface area contributed by atoms with Crippen LogP contribution >= 0.6 is 0 Å². The van der Waals surface area contributed by atoms with E-state index in [1.165, 1.54) is 30.0 Å². The lowest BCUT2D eigenvalue weighted by Gasteiger charge is -2.42. The Balaban J connectivity index is 1.87. The molecule has 0 bridgehead atoms. The van der Waals surface area contributed by atoms with Crippen molar-refractivity contribution in [2.24, 2.45) is 0 Å². The summed E-state index contributed by atoms with van der Waals surface area (Å²) in [4.78, 5) is 55.1. The summed E-state index contributed by atoms with van der Waals surface area (Å²) in [6.45, 7) is 5.99. The number of carbonyl (C=O) groups is 4. The number of anilines is 1. The predicted molar refractivity (Wildman–Crippen MR) is 155 cm³/mol. The van der Waals surface area contributed by atoms with Gasteiger partial charge in [-0.2, -0.15) is 13.2 Å². The first kappa shape index (κ1) is 33.5. The lowest BCUT2D eigenvalue weighted by molar-refractivity contribution is -0.138. The van der Waals surface area contributed by atoms with E-state index in [2.05, 4.69) is 5.32 Å². The molecule has 0 radical (unpaired) electrons. The van der Waals surface area contributed by atoms with Crippen molar-refractivity contribution in [3.8, 4) is 5.75 Å². The van der Waals surface area contributed by atoms with E-state index >= 15 is 0 Å². The molecule has 4 rings (SSSR count). The van der Waals surface area contributed by atoms with Gasteiger partial charge in [0.15, 0.2) is 0 Å². The Kier molecular flexibility index (Phi) is 9.64. The van der Waals surface area contributed by atoms with Gasteiger partial charge in [0.25, 0.3) is 11.8 Å². The van der Waals surface area contributed by atoms with Crippen LogP contribution in [0.25, 0.3) is 0 Å². The second kappa shape index (κ2) is 12.9. The minimum absolute atomic E-state index is 0.0720. The average molecular weight is 637 g/mol. The van der Waals surface area contributed by atoms with Crippen LogP contribution in [0.5, 0.6) is 5.75 Å². The number of nitrogens with one attached hydrogen (secondary N) is 1. The third-order valence-electron chi connectivity index (χ3n) is 8.11. The van der Waals surface area contributed by atoms with Crippen LogP contribution < -0.4 is 15.0 Å². The summed E-state index contributed by atoms with van der Waals surface area (Å²) in [6.07, 6.45) is -5.29. The molecule has 2 atom stereocenters. The predicted octanol–water partition coefficient (Wildman–Crippen LogP) is 5.00. The van der Waals surface area contributed by atoms with E-state index in [-0.39, 0.29) is 49.8 Å². The normalized spacial score (nSPS) is 20.0. The van der Waals surface area contributed by atoms with Crippen molar-refractivity contribution in [3.63, 3.8) is 0 Å².